The van der Waals surface area contributed by atoms with Gasteiger partial charge in [-0.3, -0.25) is 4.98 Å². The smallest absolute Gasteiger partial charge is 0.141 e. The Morgan fingerprint density at radius 3 is 2.41 bits per heavy atom. The predicted molar refractivity (Wildman–Crippen MR) is 128 cm³/mol. The molecule has 1 aliphatic rings. The minimum absolute atomic E-state index is 0.107. The number of hydrogen-bond donors (Lipinski definition) is 2. The van der Waals surface area contributed by atoms with Crippen LogP contribution in [0.3, 0.4) is 0 Å². The summed E-state index contributed by atoms with van der Waals surface area (Å²) in [5.74, 6) is -1.40. The van der Waals surface area contributed by atoms with E-state index in [1.54, 1.807) is 30.5 Å². The first-order chi connectivity index (χ1) is 16.4. The number of aromatic hydroxyl groups is 1. The number of hydrogen-bond acceptors (Lipinski definition) is 5. The lowest BCUT2D eigenvalue weighted by molar-refractivity contribution is 0.475. The van der Waals surface area contributed by atoms with Gasteiger partial charge in [0.1, 0.15) is 23.5 Å². The lowest BCUT2D eigenvalue weighted by Gasteiger charge is -2.34. The fraction of sp³-hybridized carbons (Fsp3) is 0.185. The molecule has 0 radical (unpaired) electrons. The van der Waals surface area contributed by atoms with Gasteiger partial charge in [0.05, 0.1) is 16.8 Å². The molecule has 0 atom stereocenters. The molecule has 1 fully saturated rings. The standard InChI is InChI=1S/C27H22F2N4O/c28-19-10-18(11-20(29)13-19)16-4-5-25-23(12-16)26(33-8-6-21(31)7-9-33)24(15-32-25)22-3-1-2-17(14-30)27(22)34/h1-5,10-13,15,21,34H,6-9,31H2. The van der Waals surface area contributed by atoms with E-state index in [9.17, 15) is 19.1 Å². The number of aromatic nitrogens is 1. The summed E-state index contributed by atoms with van der Waals surface area (Å²) in [4.78, 5) is 6.81. The molecule has 1 aromatic heterocycles. The van der Waals surface area contributed by atoms with Crippen molar-refractivity contribution >= 4 is 16.6 Å². The van der Waals surface area contributed by atoms with Gasteiger partial charge in [-0.15, -0.1) is 0 Å². The summed E-state index contributed by atoms with van der Waals surface area (Å²) in [5, 5.41) is 21.0. The maximum absolute atomic E-state index is 13.9. The van der Waals surface area contributed by atoms with Crippen LogP contribution in [0.15, 0.2) is 60.8 Å². The number of halogens is 2. The first-order valence-electron chi connectivity index (χ1n) is 11.1. The second-order valence-corrected chi connectivity index (χ2v) is 8.55. The molecule has 5 rings (SSSR count). The second-order valence-electron chi connectivity index (χ2n) is 8.55. The topological polar surface area (TPSA) is 86.2 Å². The lowest BCUT2D eigenvalue weighted by Crippen LogP contribution is -2.40. The molecular formula is C27H22F2N4O. The van der Waals surface area contributed by atoms with Gasteiger partial charge in [0.15, 0.2) is 0 Å². The Kier molecular flexibility index (Phi) is 5.60. The van der Waals surface area contributed by atoms with E-state index in [1.165, 1.54) is 12.1 Å². The SMILES string of the molecule is N#Cc1cccc(-c2cnc3ccc(-c4cc(F)cc(F)c4)cc3c2N2CCC(N)CC2)c1O. The average molecular weight is 456 g/mol. The largest absolute Gasteiger partial charge is 0.506 e. The number of nitriles is 1. The highest BCUT2D eigenvalue weighted by Crippen LogP contribution is 2.42. The summed E-state index contributed by atoms with van der Waals surface area (Å²) in [6, 6.07) is 16.1. The molecule has 4 aromatic rings. The number of pyridine rings is 1. The zero-order chi connectivity index (χ0) is 23.8. The number of para-hydroxylation sites is 1. The van der Waals surface area contributed by atoms with E-state index in [-0.39, 0.29) is 17.4 Å². The second kappa shape index (κ2) is 8.73. The predicted octanol–water partition coefficient (Wildman–Crippen LogP) is 5.35. The molecule has 2 heterocycles. The number of piperidine rings is 1. The van der Waals surface area contributed by atoms with Crippen molar-refractivity contribution in [3.63, 3.8) is 0 Å². The Morgan fingerprint density at radius 2 is 1.71 bits per heavy atom. The molecule has 0 bridgehead atoms. The van der Waals surface area contributed by atoms with Crippen molar-refractivity contribution < 1.29 is 13.9 Å². The Balaban J connectivity index is 1.77. The van der Waals surface area contributed by atoms with Crippen LogP contribution < -0.4 is 10.6 Å². The molecule has 5 nitrogen and oxygen atoms in total. The van der Waals surface area contributed by atoms with Crippen LogP contribution in [0.1, 0.15) is 18.4 Å². The lowest BCUT2D eigenvalue weighted by atomic mass is 9.95. The highest BCUT2D eigenvalue weighted by molar-refractivity contribution is 6.02. The summed E-state index contributed by atoms with van der Waals surface area (Å²) in [6.07, 6.45) is 3.31. The normalized spacial score (nSPS) is 14.4. The fourth-order valence-corrected chi connectivity index (χ4v) is 4.59. The molecule has 0 aliphatic carbocycles. The summed E-state index contributed by atoms with van der Waals surface area (Å²) < 4.78 is 27.8. The van der Waals surface area contributed by atoms with Crippen LogP contribution in [-0.2, 0) is 0 Å². The van der Waals surface area contributed by atoms with Crippen LogP contribution in [0.5, 0.6) is 5.75 Å². The Bertz CT molecular complexity index is 1420. The number of anilines is 1. The molecule has 3 N–H and O–H groups in total. The fourth-order valence-electron chi connectivity index (χ4n) is 4.59. The van der Waals surface area contributed by atoms with Crippen LogP contribution in [0.2, 0.25) is 0 Å². The van der Waals surface area contributed by atoms with E-state index in [0.717, 1.165) is 30.0 Å². The van der Waals surface area contributed by atoms with Gasteiger partial charge in [0.25, 0.3) is 0 Å². The van der Waals surface area contributed by atoms with Crippen molar-refractivity contribution in [3.8, 4) is 34.1 Å². The van der Waals surface area contributed by atoms with E-state index in [1.807, 2.05) is 18.2 Å². The molecule has 3 aromatic carbocycles. The van der Waals surface area contributed by atoms with Gasteiger partial charge < -0.3 is 15.7 Å². The van der Waals surface area contributed by atoms with E-state index in [4.69, 9.17) is 5.73 Å². The molecule has 0 spiro atoms. The maximum atomic E-state index is 13.9. The molecule has 1 aliphatic heterocycles. The summed E-state index contributed by atoms with van der Waals surface area (Å²) in [5.41, 5.74) is 10.1. The third-order valence-corrected chi connectivity index (χ3v) is 6.34. The summed E-state index contributed by atoms with van der Waals surface area (Å²) in [7, 11) is 0. The number of benzene rings is 3. The van der Waals surface area contributed by atoms with Crippen LogP contribution in [-0.4, -0.2) is 29.2 Å². The minimum Gasteiger partial charge on any atom is -0.506 e. The number of phenols is 1. The highest BCUT2D eigenvalue weighted by atomic mass is 19.1. The van der Waals surface area contributed by atoms with Gasteiger partial charge in [-0.2, -0.15) is 5.26 Å². The first kappa shape index (κ1) is 21.8. The van der Waals surface area contributed by atoms with Gasteiger partial charge >= 0.3 is 0 Å². The molecule has 170 valence electrons. The zero-order valence-electron chi connectivity index (χ0n) is 18.3. The van der Waals surface area contributed by atoms with Crippen molar-refractivity contribution in [1.29, 1.82) is 5.26 Å². The van der Waals surface area contributed by atoms with Crippen molar-refractivity contribution in [2.45, 2.75) is 18.9 Å². The van der Waals surface area contributed by atoms with E-state index in [2.05, 4.69) is 9.88 Å². The molecule has 0 unspecified atom stereocenters. The number of phenolic OH excluding ortho intramolecular Hbond substituents is 1. The van der Waals surface area contributed by atoms with Crippen LogP contribution in [0.25, 0.3) is 33.2 Å². The average Bonchev–Trinajstić information content (AvgIpc) is 2.83. The van der Waals surface area contributed by atoms with Crippen molar-refractivity contribution in [2.24, 2.45) is 5.73 Å². The molecule has 7 heteroatoms. The monoisotopic (exact) mass is 456 g/mol. The zero-order valence-corrected chi connectivity index (χ0v) is 18.3. The van der Waals surface area contributed by atoms with Crippen molar-refractivity contribution in [1.82, 2.24) is 4.98 Å². The highest BCUT2D eigenvalue weighted by Gasteiger charge is 2.24. The molecule has 34 heavy (non-hydrogen) atoms. The summed E-state index contributed by atoms with van der Waals surface area (Å²) >= 11 is 0. The quantitative estimate of drug-likeness (QED) is 0.434. The Morgan fingerprint density at radius 1 is 0.971 bits per heavy atom. The van der Waals surface area contributed by atoms with E-state index < -0.39 is 11.6 Å². The van der Waals surface area contributed by atoms with Gasteiger partial charge in [-0.25, -0.2) is 8.78 Å². The van der Waals surface area contributed by atoms with Crippen LogP contribution in [0.4, 0.5) is 14.5 Å². The first-order valence-corrected chi connectivity index (χ1v) is 11.1. The van der Waals surface area contributed by atoms with Gasteiger partial charge in [0.2, 0.25) is 0 Å². The number of nitrogens with zero attached hydrogens (tertiary/aromatic N) is 3. The molecular weight excluding hydrogens is 434 g/mol. The van der Waals surface area contributed by atoms with Gasteiger partial charge in [-0.1, -0.05) is 18.2 Å². The van der Waals surface area contributed by atoms with Gasteiger partial charge in [0, 0.05) is 47.9 Å². The van der Waals surface area contributed by atoms with E-state index >= 15 is 0 Å². The third-order valence-electron chi connectivity index (χ3n) is 6.34. The number of nitrogens with two attached hydrogens (primary N) is 1. The molecule has 0 saturated carbocycles. The Labute approximate surface area is 195 Å². The molecule has 1 saturated heterocycles. The van der Waals surface area contributed by atoms with Crippen molar-refractivity contribution in [2.75, 3.05) is 18.0 Å². The van der Waals surface area contributed by atoms with Crippen molar-refractivity contribution in [3.05, 3.63) is 78.0 Å². The number of fused-ring (bicyclic) bond motifs is 1. The van der Waals surface area contributed by atoms with Crippen LogP contribution in [0, 0.1) is 23.0 Å². The molecule has 0 amide bonds. The Hall–Kier alpha value is -4.02. The maximum Gasteiger partial charge on any atom is 0.141 e. The van der Waals surface area contributed by atoms with Crippen LogP contribution >= 0.6 is 0 Å². The minimum atomic E-state index is -0.648. The summed E-state index contributed by atoms with van der Waals surface area (Å²) in [6.45, 7) is 1.43. The third kappa shape index (κ3) is 3.93. The number of rotatable bonds is 3. The van der Waals surface area contributed by atoms with Gasteiger partial charge in [-0.05, 0) is 54.3 Å². The van der Waals surface area contributed by atoms with E-state index in [0.29, 0.717) is 40.9 Å².